The minimum absolute atomic E-state index is 0.518. The number of thiazole rings is 1. The molecule has 4 nitrogen and oxygen atoms in total. The van der Waals surface area contributed by atoms with Gasteiger partial charge in [0.05, 0.1) is 18.4 Å². The first-order valence-corrected chi connectivity index (χ1v) is 8.22. The van der Waals surface area contributed by atoms with Crippen LogP contribution in [0.5, 0.6) is 5.75 Å². The first-order valence-electron chi connectivity index (χ1n) is 7.34. The lowest BCUT2D eigenvalue weighted by atomic mass is 10.1. The normalized spacial score (nSPS) is 11.1. The second-order valence-electron chi connectivity index (χ2n) is 5.19. The van der Waals surface area contributed by atoms with Crippen molar-refractivity contribution in [2.75, 3.05) is 7.11 Å². The number of hydrogen-bond acceptors (Lipinski definition) is 5. The molecule has 0 N–H and O–H groups in total. The van der Waals surface area contributed by atoms with Crippen LogP contribution in [0.1, 0.15) is 16.1 Å². The summed E-state index contributed by atoms with van der Waals surface area (Å²) in [6, 6.07) is 11.9. The molecule has 0 atom stereocenters. The molecule has 0 bridgehead atoms. The largest absolute Gasteiger partial charge is 0.496 e. The van der Waals surface area contributed by atoms with Gasteiger partial charge in [0.2, 0.25) is 0 Å². The third-order valence-corrected chi connectivity index (χ3v) is 4.39. The minimum atomic E-state index is 0.518. The molecule has 0 radical (unpaired) electrons. The van der Waals surface area contributed by atoms with Crippen LogP contribution in [0.2, 0.25) is 0 Å². The van der Waals surface area contributed by atoms with E-state index in [9.17, 15) is 5.26 Å². The second kappa shape index (κ2) is 7.07. The summed E-state index contributed by atoms with van der Waals surface area (Å²) in [5.74, 6) is 0.735. The van der Waals surface area contributed by atoms with Gasteiger partial charge in [0, 0.05) is 28.9 Å². The van der Waals surface area contributed by atoms with Crippen LogP contribution >= 0.6 is 11.3 Å². The fraction of sp³-hybridized carbons (Fsp3) is 0.105. The van der Waals surface area contributed by atoms with Crippen LogP contribution in [-0.2, 0) is 0 Å². The van der Waals surface area contributed by atoms with Crippen LogP contribution in [0.15, 0.2) is 48.1 Å². The highest BCUT2D eigenvalue weighted by Crippen LogP contribution is 2.29. The van der Waals surface area contributed by atoms with Crippen molar-refractivity contribution in [3.63, 3.8) is 0 Å². The van der Waals surface area contributed by atoms with E-state index in [2.05, 4.69) is 16.0 Å². The van der Waals surface area contributed by atoms with Crippen molar-refractivity contribution < 1.29 is 4.74 Å². The topological polar surface area (TPSA) is 58.8 Å². The number of ether oxygens (including phenoxy) is 1. The Hall–Kier alpha value is -2.97. The Morgan fingerprint density at radius 2 is 2.04 bits per heavy atom. The Morgan fingerprint density at radius 1 is 1.25 bits per heavy atom. The molecule has 0 saturated carbocycles. The number of rotatable bonds is 4. The maximum Gasteiger partial charge on any atom is 0.134 e. The smallest absolute Gasteiger partial charge is 0.134 e. The second-order valence-corrected chi connectivity index (χ2v) is 6.05. The Morgan fingerprint density at radius 3 is 2.75 bits per heavy atom. The third kappa shape index (κ3) is 3.34. The summed E-state index contributed by atoms with van der Waals surface area (Å²) in [5.41, 5.74) is 4.32. The number of benzene rings is 1. The summed E-state index contributed by atoms with van der Waals surface area (Å²) in [6.07, 6.45) is 5.28. The summed E-state index contributed by atoms with van der Waals surface area (Å²) in [5, 5.41) is 12.2. The highest BCUT2D eigenvalue weighted by Gasteiger charge is 2.10. The molecule has 3 aromatic rings. The number of nitriles is 1. The number of allylic oxidation sites excluding steroid dienone is 1. The monoisotopic (exact) mass is 333 g/mol. The molecule has 2 aromatic heterocycles. The van der Waals surface area contributed by atoms with E-state index >= 15 is 0 Å². The van der Waals surface area contributed by atoms with E-state index in [0.29, 0.717) is 10.6 Å². The summed E-state index contributed by atoms with van der Waals surface area (Å²) >= 11 is 1.45. The molecule has 0 aliphatic carbocycles. The van der Waals surface area contributed by atoms with Gasteiger partial charge < -0.3 is 4.74 Å². The SMILES string of the molecule is COc1ccc(C)cc1/C=C(\C#N)c1nc(-c2ccncc2)cs1. The van der Waals surface area contributed by atoms with Gasteiger partial charge in [-0.2, -0.15) is 5.26 Å². The Balaban J connectivity index is 2.00. The molecule has 0 amide bonds. The van der Waals surface area contributed by atoms with E-state index in [1.54, 1.807) is 19.5 Å². The number of aryl methyl sites for hydroxylation is 1. The summed E-state index contributed by atoms with van der Waals surface area (Å²) in [4.78, 5) is 8.60. The number of pyridine rings is 1. The van der Waals surface area contributed by atoms with Crippen molar-refractivity contribution in [1.29, 1.82) is 5.26 Å². The molecule has 0 spiro atoms. The lowest BCUT2D eigenvalue weighted by Crippen LogP contribution is -1.89. The standard InChI is InChI=1S/C19H15N3OS/c1-13-3-4-18(23-2)15(9-13)10-16(11-20)19-22-17(12-24-19)14-5-7-21-8-6-14/h3-10,12H,1-2H3/b16-10+. The number of nitrogens with zero attached hydrogens (tertiary/aromatic N) is 3. The summed E-state index contributed by atoms with van der Waals surface area (Å²) in [6.45, 7) is 2.01. The number of aromatic nitrogens is 2. The van der Waals surface area contributed by atoms with Gasteiger partial charge >= 0.3 is 0 Å². The van der Waals surface area contributed by atoms with Crippen molar-refractivity contribution in [2.45, 2.75) is 6.92 Å². The summed E-state index contributed by atoms with van der Waals surface area (Å²) < 4.78 is 5.38. The zero-order chi connectivity index (χ0) is 16.9. The molecule has 0 aliphatic rings. The van der Waals surface area contributed by atoms with Crippen molar-refractivity contribution >= 4 is 23.0 Å². The third-order valence-electron chi connectivity index (χ3n) is 3.52. The number of methoxy groups -OCH3 is 1. The zero-order valence-corrected chi connectivity index (χ0v) is 14.2. The molecule has 5 heteroatoms. The molecule has 2 heterocycles. The molecule has 0 saturated heterocycles. The van der Waals surface area contributed by atoms with E-state index in [0.717, 1.165) is 28.1 Å². The van der Waals surface area contributed by atoms with Crippen LogP contribution in [0.25, 0.3) is 22.9 Å². The Kier molecular flexibility index (Phi) is 4.69. The molecule has 3 rings (SSSR count). The first kappa shape index (κ1) is 15.9. The fourth-order valence-corrected chi connectivity index (χ4v) is 3.11. The molecular weight excluding hydrogens is 318 g/mol. The van der Waals surface area contributed by atoms with E-state index < -0.39 is 0 Å². The van der Waals surface area contributed by atoms with E-state index in [-0.39, 0.29) is 0 Å². The molecule has 0 fully saturated rings. The summed E-state index contributed by atoms with van der Waals surface area (Å²) in [7, 11) is 1.62. The Bertz CT molecular complexity index is 923. The van der Waals surface area contributed by atoms with E-state index in [1.807, 2.05) is 48.7 Å². The van der Waals surface area contributed by atoms with Crippen LogP contribution in [0.3, 0.4) is 0 Å². The van der Waals surface area contributed by atoms with Crippen LogP contribution in [0.4, 0.5) is 0 Å². The maximum absolute atomic E-state index is 9.55. The lowest BCUT2D eigenvalue weighted by Gasteiger charge is -2.06. The van der Waals surface area contributed by atoms with Gasteiger partial charge in [-0.05, 0) is 37.3 Å². The quantitative estimate of drug-likeness (QED) is 0.655. The maximum atomic E-state index is 9.55. The molecule has 0 unspecified atom stereocenters. The molecule has 0 aliphatic heterocycles. The van der Waals surface area contributed by atoms with E-state index in [1.165, 1.54) is 11.3 Å². The lowest BCUT2D eigenvalue weighted by molar-refractivity contribution is 0.414. The predicted molar refractivity (Wildman–Crippen MR) is 96.6 cm³/mol. The molecular formula is C19H15N3OS. The van der Waals surface area contributed by atoms with Gasteiger partial charge in [-0.15, -0.1) is 11.3 Å². The fourth-order valence-electron chi connectivity index (χ4n) is 2.32. The van der Waals surface area contributed by atoms with Gasteiger partial charge in [-0.3, -0.25) is 4.98 Å². The highest BCUT2D eigenvalue weighted by molar-refractivity contribution is 7.11. The van der Waals surface area contributed by atoms with Crippen molar-refractivity contribution in [3.8, 4) is 23.1 Å². The van der Waals surface area contributed by atoms with Crippen molar-refractivity contribution in [1.82, 2.24) is 9.97 Å². The van der Waals surface area contributed by atoms with Crippen LogP contribution in [-0.4, -0.2) is 17.1 Å². The number of hydrogen-bond donors (Lipinski definition) is 0. The van der Waals surface area contributed by atoms with Gasteiger partial charge in [0.25, 0.3) is 0 Å². The van der Waals surface area contributed by atoms with Crippen molar-refractivity contribution in [3.05, 3.63) is 64.2 Å². The van der Waals surface area contributed by atoms with Crippen LogP contribution in [0, 0.1) is 18.3 Å². The van der Waals surface area contributed by atoms with Gasteiger partial charge in [0.1, 0.15) is 16.8 Å². The molecule has 1 aromatic carbocycles. The molecule has 24 heavy (non-hydrogen) atoms. The van der Waals surface area contributed by atoms with Crippen molar-refractivity contribution in [2.24, 2.45) is 0 Å². The van der Waals surface area contributed by atoms with E-state index in [4.69, 9.17) is 4.74 Å². The first-order chi connectivity index (χ1) is 11.7. The van der Waals surface area contributed by atoms with Gasteiger partial charge in [0.15, 0.2) is 0 Å². The van der Waals surface area contributed by atoms with Crippen LogP contribution < -0.4 is 4.74 Å². The predicted octanol–water partition coefficient (Wildman–Crippen LogP) is 4.59. The zero-order valence-electron chi connectivity index (χ0n) is 13.4. The van der Waals surface area contributed by atoms with Gasteiger partial charge in [-0.1, -0.05) is 11.6 Å². The Labute approximate surface area is 144 Å². The average Bonchev–Trinajstić information content (AvgIpc) is 3.10. The van der Waals surface area contributed by atoms with Gasteiger partial charge in [-0.25, -0.2) is 4.98 Å². The minimum Gasteiger partial charge on any atom is -0.496 e. The molecule has 118 valence electrons. The average molecular weight is 333 g/mol. The highest BCUT2D eigenvalue weighted by atomic mass is 32.1.